The Hall–Kier alpha value is -1.59. The molecule has 21 heavy (non-hydrogen) atoms. The second-order valence-corrected chi connectivity index (χ2v) is 5.93. The summed E-state index contributed by atoms with van der Waals surface area (Å²) >= 11 is 0. The van der Waals surface area contributed by atoms with E-state index < -0.39 is 5.97 Å². The van der Waals surface area contributed by atoms with Crippen molar-refractivity contribution in [3.63, 3.8) is 0 Å². The Bertz CT molecular complexity index is 395. The number of likely N-dealkylation sites (tertiary alicyclic amines) is 1. The van der Waals surface area contributed by atoms with E-state index in [1.165, 1.54) is 4.90 Å². The predicted octanol–water partition coefficient (Wildman–Crippen LogP) is 1.20. The van der Waals surface area contributed by atoms with E-state index in [0.29, 0.717) is 19.6 Å². The van der Waals surface area contributed by atoms with Crippen LogP contribution in [0.4, 0.5) is 0 Å². The third-order valence-electron chi connectivity index (χ3n) is 3.71. The first-order chi connectivity index (χ1) is 9.86. The van der Waals surface area contributed by atoms with Gasteiger partial charge in [-0.05, 0) is 19.3 Å². The van der Waals surface area contributed by atoms with Gasteiger partial charge in [0, 0.05) is 25.6 Å². The van der Waals surface area contributed by atoms with Crippen LogP contribution in [-0.2, 0) is 14.4 Å². The second-order valence-electron chi connectivity index (χ2n) is 5.93. The molecule has 1 N–H and O–H groups in total. The highest BCUT2D eigenvalue weighted by Gasteiger charge is 2.32. The standard InChI is InChI=1S/C15H26N2O4/c1-4-7-16(10-13(18)19)15(21)12-6-5-8-17(9-12)14(20)11(2)3/h11-12H,4-10H2,1-3H3,(H,18,19). The van der Waals surface area contributed by atoms with E-state index >= 15 is 0 Å². The van der Waals surface area contributed by atoms with Crippen molar-refractivity contribution in [2.75, 3.05) is 26.2 Å². The van der Waals surface area contributed by atoms with Crippen molar-refractivity contribution in [2.24, 2.45) is 11.8 Å². The minimum atomic E-state index is -0.997. The molecule has 2 amide bonds. The van der Waals surface area contributed by atoms with E-state index in [1.807, 2.05) is 20.8 Å². The number of carbonyl (C=O) groups is 3. The molecule has 0 aromatic heterocycles. The minimum Gasteiger partial charge on any atom is -0.480 e. The topological polar surface area (TPSA) is 77.9 Å². The van der Waals surface area contributed by atoms with Crippen molar-refractivity contribution in [1.29, 1.82) is 0 Å². The van der Waals surface area contributed by atoms with Crippen LogP contribution in [0.15, 0.2) is 0 Å². The Morgan fingerprint density at radius 3 is 2.52 bits per heavy atom. The van der Waals surface area contributed by atoms with Crippen molar-refractivity contribution < 1.29 is 19.5 Å². The molecule has 1 atom stereocenters. The fraction of sp³-hybridized carbons (Fsp3) is 0.800. The quantitative estimate of drug-likeness (QED) is 0.799. The van der Waals surface area contributed by atoms with Crippen molar-refractivity contribution in [3.05, 3.63) is 0 Å². The largest absolute Gasteiger partial charge is 0.480 e. The number of amides is 2. The van der Waals surface area contributed by atoms with Crippen LogP contribution in [0.5, 0.6) is 0 Å². The highest BCUT2D eigenvalue weighted by atomic mass is 16.4. The number of piperidine rings is 1. The van der Waals surface area contributed by atoms with Gasteiger partial charge in [0.2, 0.25) is 11.8 Å². The average Bonchev–Trinajstić information content (AvgIpc) is 2.44. The Kier molecular flexibility index (Phi) is 6.65. The van der Waals surface area contributed by atoms with Crippen LogP contribution in [-0.4, -0.2) is 58.9 Å². The summed E-state index contributed by atoms with van der Waals surface area (Å²) < 4.78 is 0. The summed E-state index contributed by atoms with van der Waals surface area (Å²) in [6.07, 6.45) is 2.24. The average molecular weight is 298 g/mol. The van der Waals surface area contributed by atoms with Gasteiger partial charge in [0.15, 0.2) is 0 Å². The van der Waals surface area contributed by atoms with Crippen LogP contribution in [0, 0.1) is 11.8 Å². The first kappa shape index (κ1) is 17.5. The van der Waals surface area contributed by atoms with Crippen molar-refractivity contribution in [2.45, 2.75) is 40.0 Å². The van der Waals surface area contributed by atoms with Gasteiger partial charge in [0.25, 0.3) is 0 Å². The molecule has 0 radical (unpaired) electrons. The van der Waals surface area contributed by atoms with Gasteiger partial charge in [-0.25, -0.2) is 0 Å². The van der Waals surface area contributed by atoms with Gasteiger partial charge < -0.3 is 14.9 Å². The lowest BCUT2D eigenvalue weighted by Gasteiger charge is -2.35. The van der Waals surface area contributed by atoms with Gasteiger partial charge in [0.05, 0.1) is 5.92 Å². The predicted molar refractivity (Wildman–Crippen MR) is 78.6 cm³/mol. The molecule has 0 aromatic carbocycles. The van der Waals surface area contributed by atoms with Gasteiger partial charge in [-0.3, -0.25) is 14.4 Å². The fourth-order valence-electron chi connectivity index (χ4n) is 2.70. The SMILES string of the molecule is CCCN(CC(=O)O)C(=O)C1CCCN(C(=O)C(C)C)C1. The van der Waals surface area contributed by atoms with Gasteiger partial charge in [-0.15, -0.1) is 0 Å². The zero-order chi connectivity index (χ0) is 16.0. The number of hydrogen-bond donors (Lipinski definition) is 1. The Balaban J connectivity index is 2.71. The maximum absolute atomic E-state index is 12.5. The Labute approximate surface area is 126 Å². The molecule has 0 aromatic rings. The number of nitrogens with zero attached hydrogens (tertiary/aromatic N) is 2. The zero-order valence-corrected chi connectivity index (χ0v) is 13.2. The van der Waals surface area contributed by atoms with E-state index in [-0.39, 0.29) is 30.2 Å². The van der Waals surface area contributed by atoms with E-state index in [2.05, 4.69) is 0 Å². The molecule has 6 nitrogen and oxygen atoms in total. The van der Waals surface area contributed by atoms with E-state index in [9.17, 15) is 14.4 Å². The maximum Gasteiger partial charge on any atom is 0.323 e. The van der Waals surface area contributed by atoms with Crippen molar-refractivity contribution >= 4 is 17.8 Å². The first-order valence-corrected chi connectivity index (χ1v) is 7.66. The number of rotatable bonds is 6. The first-order valence-electron chi connectivity index (χ1n) is 7.66. The van der Waals surface area contributed by atoms with Crippen LogP contribution >= 0.6 is 0 Å². The number of carboxylic acid groups (broad SMARTS) is 1. The molecule has 0 spiro atoms. The highest BCUT2D eigenvalue weighted by molar-refractivity contribution is 5.84. The Morgan fingerprint density at radius 1 is 1.33 bits per heavy atom. The summed E-state index contributed by atoms with van der Waals surface area (Å²) in [6.45, 7) is 6.89. The summed E-state index contributed by atoms with van der Waals surface area (Å²) in [5.41, 5.74) is 0. The third-order valence-corrected chi connectivity index (χ3v) is 3.71. The van der Waals surface area contributed by atoms with E-state index in [0.717, 1.165) is 19.3 Å². The zero-order valence-electron chi connectivity index (χ0n) is 13.2. The highest BCUT2D eigenvalue weighted by Crippen LogP contribution is 2.20. The molecule has 1 aliphatic rings. The summed E-state index contributed by atoms with van der Waals surface area (Å²) in [5, 5.41) is 8.91. The molecule has 1 aliphatic heterocycles. The monoisotopic (exact) mass is 298 g/mol. The van der Waals surface area contributed by atoms with Gasteiger partial charge in [0.1, 0.15) is 6.54 Å². The van der Waals surface area contributed by atoms with Crippen LogP contribution in [0.1, 0.15) is 40.0 Å². The lowest BCUT2D eigenvalue weighted by molar-refractivity contribution is -0.148. The lowest BCUT2D eigenvalue weighted by Crippen LogP contribution is -2.48. The number of carboxylic acids is 1. The third kappa shape index (κ3) is 5.02. The number of hydrogen-bond acceptors (Lipinski definition) is 3. The molecular weight excluding hydrogens is 272 g/mol. The van der Waals surface area contributed by atoms with E-state index in [1.54, 1.807) is 4.90 Å². The minimum absolute atomic E-state index is 0.0628. The molecule has 1 fully saturated rings. The van der Waals surface area contributed by atoms with Gasteiger partial charge in [-0.1, -0.05) is 20.8 Å². The molecule has 120 valence electrons. The molecule has 0 saturated carbocycles. The molecule has 6 heteroatoms. The normalized spacial score (nSPS) is 18.7. The molecule has 1 saturated heterocycles. The number of carbonyl (C=O) groups excluding carboxylic acids is 2. The van der Waals surface area contributed by atoms with E-state index in [4.69, 9.17) is 5.11 Å². The molecular formula is C15H26N2O4. The summed E-state index contributed by atoms with van der Waals surface area (Å²) in [6, 6.07) is 0. The second kappa shape index (κ2) is 8.00. The smallest absolute Gasteiger partial charge is 0.323 e. The molecule has 0 aliphatic carbocycles. The van der Waals surface area contributed by atoms with Gasteiger partial charge in [-0.2, -0.15) is 0 Å². The molecule has 1 rings (SSSR count). The summed E-state index contributed by atoms with van der Waals surface area (Å²) in [4.78, 5) is 38.5. The molecule has 1 unspecified atom stereocenters. The van der Waals surface area contributed by atoms with Crippen LogP contribution in [0.25, 0.3) is 0 Å². The maximum atomic E-state index is 12.5. The lowest BCUT2D eigenvalue weighted by atomic mass is 9.95. The van der Waals surface area contributed by atoms with Crippen molar-refractivity contribution in [1.82, 2.24) is 9.80 Å². The van der Waals surface area contributed by atoms with Gasteiger partial charge >= 0.3 is 5.97 Å². The summed E-state index contributed by atoms with van der Waals surface area (Å²) in [7, 11) is 0. The Morgan fingerprint density at radius 2 is 2.00 bits per heavy atom. The van der Waals surface area contributed by atoms with Crippen molar-refractivity contribution in [3.8, 4) is 0 Å². The number of aliphatic carboxylic acids is 1. The fourth-order valence-corrected chi connectivity index (χ4v) is 2.70. The van der Waals surface area contributed by atoms with Crippen LogP contribution in [0.2, 0.25) is 0 Å². The summed E-state index contributed by atoms with van der Waals surface area (Å²) in [5.74, 6) is -1.42. The van der Waals surface area contributed by atoms with Crippen LogP contribution < -0.4 is 0 Å². The molecule has 0 bridgehead atoms. The van der Waals surface area contributed by atoms with Crippen LogP contribution in [0.3, 0.4) is 0 Å². The molecule has 1 heterocycles.